The Balaban J connectivity index is 1.65. The molecule has 0 bridgehead atoms. The SMILES string of the molecule is CCNc1nc(NCCN2CCOCC2)c2cn[nH]c2n1. The summed E-state index contributed by atoms with van der Waals surface area (Å²) in [5.74, 6) is 1.43. The zero-order valence-corrected chi connectivity index (χ0v) is 12.2. The lowest BCUT2D eigenvalue weighted by atomic mass is 10.3. The first-order valence-corrected chi connectivity index (χ1v) is 7.36. The highest BCUT2D eigenvalue weighted by Gasteiger charge is 2.11. The van der Waals surface area contributed by atoms with Crippen molar-refractivity contribution in [2.75, 3.05) is 56.6 Å². The van der Waals surface area contributed by atoms with Gasteiger partial charge in [0.05, 0.1) is 24.8 Å². The molecule has 21 heavy (non-hydrogen) atoms. The molecule has 1 aliphatic rings. The normalized spacial score (nSPS) is 16.2. The van der Waals surface area contributed by atoms with Crippen molar-refractivity contribution in [1.29, 1.82) is 0 Å². The number of aromatic amines is 1. The zero-order valence-electron chi connectivity index (χ0n) is 12.2. The Morgan fingerprint density at radius 2 is 2.14 bits per heavy atom. The number of aromatic nitrogens is 4. The Morgan fingerprint density at radius 3 is 2.95 bits per heavy atom. The molecule has 1 aliphatic heterocycles. The molecule has 0 spiro atoms. The highest BCUT2D eigenvalue weighted by atomic mass is 16.5. The Morgan fingerprint density at radius 1 is 1.29 bits per heavy atom. The Bertz CT molecular complexity index is 579. The van der Waals surface area contributed by atoms with Gasteiger partial charge in [0.1, 0.15) is 5.82 Å². The van der Waals surface area contributed by atoms with Crippen LogP contribution in [0.25, 0.3) is 11.0 Å². The Hall–Kier alpha value is -1.93. The molecule has 0 unspecified atom stereocenters. The molecule has 1 saturated heterocycles. The molecule has 0 aromatic carbocycles. The highest BCUT2D eigenvalue weighted by Crippen LogP contribution is 2.19. The summed E-state index contributed by atoms with van der Waals surface area (Å²) < 4.78 is 5.35. The molecule has 114 valence electrons. The summed E-state index contributed by atoms with van der Waals surface area (Å²) in [6.45, 7) is 8.25. The molecule has 3 heterocycles. The van der Waals surface area contributed by atoms with E-state index >= 15 is 0 Å². The topological polar surface area (TPSA) is 91.0 Å². The molecule has 1 fully saturated rings. The monoisotopic (exact) mass is 291 g/mol. The number of rotatable bonds is 6. The van der Waals surface area contributed by atoms with E-state index in [9.17, 15) is 0 Å². The lowest BCUT2D eigenvalue weighted by Crippen LogP contribution is -2.39. The molecule has 0 atom stereocenters. The smallest absolute Gasteiger partial charge is 0.226 e. The molecule has 0 radical (unpaired) electrons. The van der Waals surface area contributed by atoms with Gasteiger partial charge in [0.15, 0.2) is 5.65 Å². The first kappa shape index (κ1) is 14.0. The average molecular weight is 291 g/mol. The van der Waals surface area contributed by atoms with E-state index in [1.165, 1.54) is 0 Å². The molecular formula is C13H21N7O. The van der Waals surface area contributed by atoms with E-state index in [0.717, 1.165) is 62.8 Å². The predicted octanol–water partition coefficient (Wildman–Crippen LogP) is 0.529. The van der Waals surface area contributed by atoms with E-state index in [1.807, 2.05) is 6.92 Å². The van der Waals surface area contributed by atoms with Crippen molar-refractivity contribution in [3.8, 4) is 0 Å². The van der Waals surface area contributed by atoms with Crippen molar-refractivity contribution >= 4 is 22.8 Å². The lowest BCUT2D eigenvalue weighted by molar-refractivity contribution is 0.0398. The van der Waals surface area contributed by atoms with Crippen LogP contribution in [-0.2, 0) is 4.74 Å². The van der Waals surface area contributed by atoms with Crippen LogP contribution in [0.1, 0.15) is 6.92 Å². The average Bonchev–Trinajstić information content (AvgIpc) is 2.97. The van der Waals surface area contributed by atoms with Crippen molar-refractivity contribution in [1.82, 2.24) is 25.1 Å². The van der Waals surface area contributed by atoms with Crippen LogP contribution in [0.15, 0.2) is 6.20 Å². The maximum atomic E-state index is 5.35. The van der Waals surface area contributed by atoms with Gasteiger partial charge in [-0.3, -0.25) is 10.00 Å². The molecule has 2 aromatic heterocycles. The van der Waals surface area contributed by atoms with Crippen molar-refractivity contribution in [3.63, 3.8) is 0 Å². The van der Waals surface area contributed by atoms with Crippen LogP contribution in [0.5, 0.6) is 0 Å². The van der Waals surface area contributed by atoms with Crippen LogP contribution in [-0.4, -0.2) is 71.0 Å². The van der Waals surface area contributed by atoms with Crippen molar-refractivity contribution in [3.05, 3.63) is 6.20 Å². The maximum Gasteiger partial charge on any atom is 0.226 e. The molecule has 0 saturated carbocycles. The number of nitrogens with one attached hydrogen (secondary N) is 3. The van der Waals surface area contributed by atoms with Gasteiger partial charge in [0.2, 0.25) is 5.95 Å². The highest BCUT2D eigenvalue weighted by molar-refractivity contribution is 5.86. The first-order valence-electron chi connectivity index (χ1n) is 7.36. The van der Waals surface area contributed by atoms with E-state index in [2.05, 4.69) is 35.7 Å². The summed E-state index contributed by atoms with van der Waals surface area (Å²) in [5.41, 5.74) is 0.745. The summed E-state index contributed by atoms with van der Waals surface area (Å²) in [4.78, 5) is 11.3. The number of hydrogen-bond acceptors (Lipinski definition) is 7. The van der Waals surface area contributed by atoms with E-state index in [-0.39, 0.29) is 0 Å². The predicted molar refractivity (Wildman–Crippen MR) is 81.6 cm³/mol. The van der Waals surface area contributed by atoms with Crippen LogP contribution in [0.3, 0.4) is 0 Å². The number of morpholine rings is 1. The molecule has 0 aliphatic carbocycles. The van der Waals surface area contributed by atoms with Crippen LogP contribution < -0.4 is 10.6 Å². The van der Waals surface area contributed by atoms with Gasteiger partial charge in [-0.05, 0) is 6.92 Å². The largest absolute Gasteiger partial charge is 0.379 e. The van der Waals surface area contributed by atoms with Crippen LogP contribution in [0, 0.1) is 0 Å². The summed E-state index contributed by atoms with van der Waals surface area (Å²) in [7, 11) is 0. The van der Waals surface area contributed by atoms with Crippen LogP contribution in [0.4, 0.5) is 11.8 Å². The van der Waals surface area contributed by atoms with Gasteiger partial charge in [-0.1, -0.05) is 0 Å². The first-order chi connectivity index (χ1) is 10.4. The quantitative estimate of drug-likeness (QED) is 0.715. The minimum absolute atomic E-state index is 0.614. The zero-order chi connectivity index (χ0) is 14.5. The van der Waals surface area contributed by atoms with E-state index in [0.29, 0.717) is 5.95 Å². The molecule has 2 aromatic rings. The minimum atomic E-state index is 0.614. The van der Waals surface area contributed by atoms with E-state index in [4.69, 9.17) is 4.74 Å². The molecule has 8 heteroatoms. The number of nitrogens with zero attached hydrogens (tertiary/aromatic N) is 4. The molecule has 3 rings (SSSR count). The fraction of sp³-hybridized carbons (Fsp3) is 0.615. The third kappa shape index (κ3) is 3.40. The van der Waals surface area contributed by atoms with Crippen molar-refractivity contribution in [2.45, 2.75) is 6.92 Å². The molecule has 3 N–H and O–H groups in total. The Kier molecular flexibility index (Phi) is 4.46. The van der Waals surface area contributed by atoms with Gasteiger partial charge in [-0.15, -0.1) is 0 Å². The third-order valence-electron chi connectivity index (χ3n) is 3.47. The minimum Gasteiger partial charge on any atom is -0.379 e. The summed E-state index contributed by atoms with van der Waals surface area (Å²) >= 11 is 0. The number of H-pyrrole nitrogens is 1. The van der Waals surface area contributed by atoms with Crippen LogP contribution >= 0.6 is 0 Å². The fourth-order valence-electron chi connectivity index (χ4n) is 2.36. The van der Waals surface area contributed by atoms with E-state index in [1.54, 1.807) is 6.20 Å². The number of hydrogen-bond donors (Lipinski definition) is 3. The second kappa shape index (κ2) is 6.68. The Labute approximate surface area is 123 Å². The summed E-state index contributed by atoms with van der Waals surface area (Å²) in [6, 6.07) is 0. The van der Waals surface area contributed by atoms with Gasteiger partial charge < -0.3 is 15.4 Å². The van der Waals surface area contributed by atoms with Crippen LogP contribution in [0.2, 0.25) is 0 Å². The molecule has 0 amide bonds. The number of anilines is 2. The van der Waals surface area contributed by atoms with Crippen molar-refractivity contribution in [2.24, 2.45) is 0 Å². The molecular weight excluding hydrogens is 270 g/mol. The second-order valence-electron chi connectivity index (χ2n) is 4.94. The number of ether oxygens (including phenoxy) is 1. The van der Waals surface area contributed by atoms with Gasteiger partial charge in [0, 0.05) is 32.7 Å². The van der Waals surface area contributed by atoms with Crippen molar-refractivity contribution < 1.29 is 4.74 Å². The molecule has 8 nitrogen and oxygen atoms in total. The van der Waals surface area contributed by atoms with Gasteiger partial charge in [-0.25, -0.2) is 0 Å². The maximum absolute atomic E-state index is 5.35. The van der Waals surface area contributed by atoms with Gasteiger partial charge >= 0.3 is 0 Å². The second-order valence-corrected chi connectivity index (χ2v) is 4.94. The van der Waals surface area contributed by atoms with E-state index < -0.39 is 0 Å². The lowest BCUT2D eigenvalue weighted by Gasteiger charge is -2.26. The number of fused-ring (bicyclic) bond motifs is 1. The summed E-state index contributed by atoms with van der Waals surface area (Å²) in [6.07, 6.45) is 1.75. The van der Waals surface area contributed by atoms with Gasteiger partial charge in [0.25, 0.3) is 0 Å². The van der Waals surface area contributed by atoms with Gasteiger partial charge in [-0.2, -0.15) is 15.1 Å². The standard InChI is InChI=1S/C13H21N7O/c1-2-14-13-17-11(10-9-16-19-12(10)18-13)15-3-4-20-5-7-21-8-6-20/h9H,2-8H2,1H3,(H3,14,15,16,17,18,19). The summed E-state index contributed by atoms with van der Waals surface area (Å²) in [5, 5.41) is 14.4. The third-order valence-corrected chi connectivity index (χ3v) is 3.47. The fourth-order valence-corrected chi connectivity index (χ4v) is 2.36.